The third-order valence-electron chi connectivity index (χ3n) is 5.67. The monoisotopic (exact) mass is 384 g/mol. The molecule has 1 unspecified atom stereocenters. The van der Waals surface area contributed by atoms with Gasteiger partial charge < -0.3 is 14.2 Å². The van der Waals surface area contributed by atoms with E-state index in [1.165, 1.54) is 37.7 Å². The summed E-state index contributed by atoms with van der Waals surface area (Å²) < 4.78 is 18.6. The van der Waals surface area contributed by atoms with Crippen LogP contribution in [0.3, 0.4) is 0 Å². The summed E-state index contributed by atoms with van der Waals surface area (Å²) in [4.78, 5) is 16.1. The van der Waals surface area contributed by atoms with E-state index in [4.69, 9.17) is 14.2 Å². The van der Waals surface area contributed by atoms with Gasteiger partial charge >= 0.3 is 0 Å². The van der Waals surface area contributed by atoms with Crippen LogP contribution < -0.4 is 15.0 Å². The van der Waals surface area contributed by atoms with Gasteiger partial charge in [-0.1, -0.05) is 31.4 Å². The van der Waals surface area contributed by atoms with Crippen LogP contribution in [-0.2, 0) is 17.7 Å². The van der Waals surface area contributed by atoms with Crippen LogP contribution >= 0.6 is 0 Å². The zero-order chi connectivity index (χ0) is 19.3. The van der Waals surface area contributed by atoms with Gasteiger partial charge in [-0.3, -0.25) is 9.36 Å². The van der Waals surface area contributed by atoms with E-state index in [9.17, 15) is 4.79 Å². The van der Waals surface area contributed by atoms with E-state index in [0.717, 1.165) is 5.75 Å². The number of hydrogen-bond donors (Lipinski definition) is 0. The van der Waals surface area contributed by atoms with Crippen molar-refractivity contribution in [1.29, 1.82) is 0 Å². The molecule has 0 saturated heterocycles. The average Bonchev–Trinajstić information content (AvgIpc) is 3.13. The molecule has 1 aromatic heterocycles. The predicted octanol–water partition coefficient (Wildman–Crippen LogP) is 3.32. The minimum atomic E-state index is -0.247. The minimum Gasteiger partial charge on any atom is -0.490 e. The second-order valence-corrected chi connectivity index (χ2v) is 7.70. The summed E-state index contributed by atoms with van der Waals surface area (Å²) in [6.45, 7) is 1.55. The fourth-order valence-electron chi connectivity index (χ4n) is 4.08. The van der Waals surface area contributed by atoms with Gasteiger partial charge in [-0.05, 0) is 36.5 Å². The van der Waals surface area contributed by atoms with Crippen molar-refractivity contribution in [2.45, 2.75) is 57.1 Å². The third-order valence-corrected chi connectivity index (χ3v) is 5.67. The van der Waals surface area contributed by atoms with Crippen LogP contribution in [0.5, 0.6) is 11.8 Å². The number of ether oxygens (including phenoxy) is 3. The molecule has 0 N–H and O–H groups in total. The second kappa shape index (κ2) is 8.78. The molecule has 6 heteroatoms. The maximum atomic E-state index is 12.0. The van der Waals surface area contributed by atoms with E-state index in [2.05, 4.69) is 29.2 Å². The summed E-state index contributed by atoms with van der Waals surface area (Å²) in [5.74, 6) is 1.55. The first-order valence-corrected chi connectivity index (χ1v) is 10.2. The standard InChI is InChI=1S/C22H28N2O4/c1-26-12-11-18-13-24-14-20(28-22(24)23-21(18)25)15-27-19-9-7-17(8-10-19)16-5-3-2-4-6-16/h7-10,13,16,20H,2-6,11-12,14-15H2,1H3. The van der Waals surface area contributed by atoms with Crippen LogP contribution in [0.2, 0.25) is 0 Å². The van der Waals surface area contributed by atoms with Crippen molar-refractivity contribution < 1.29 is 14.2 Å². The number of benzene rings is 1. The van der Waals surface area contributed by atoms with Crippen LogP contribution in [0, 0.1) is 0 Å². The summed E-state index contributed by atoms with van der Waals surface area (Å²) in [5.41, 5.74) is 1.82. The summed E-state index contributed by atoms with van der Waals surface area (Å²) in [6.07, 6.45) is 8.87. The van der Waals surface area contributed by atoms with Crippen molar-refractivity contribution in [2.75, 3.05) is 20.3 Å². The Bertz CT molecular complexity index is 841. The number of hydrogen-bond acceptors (Lipinski definition) is 5. The summed E-state index contributed by atoms with van der Waals surface area (Å²) in [6, 6.07) is 8.86. The quantitative estimate of drug-likeness (QED) is 0.733. The minimum absolute atomic E-state index is 0.150. The summed E-state index contributed by atoms with van der Waals surface area (Å²) in [7, 11) is 1.62. The highest BCUT2D eigenvalue weighted by atomic mass is 16.6. The lowest BCUT2D eigenvalue weighted by Crippen LogP contribution is -2.23. The molecule has 1 aliphatic heterocycles. The molecule has 6 nitrogen and oxygen atoms in total. The molecule has 2 aliphatic rings. The van der Waals surface area contributed by atoms with Crippen molar-refractivity contribution in [2.24, 2.45) is 0 Å². The highest BCUT2D eigenvalue weighted by Crippen LogP contribution is 2.33. The van der Waals surface area contributed by atoms with E-state index in [1.54, 1.807) is 7.11 Å². The normalized spacial score (nSPS) is 19.2. The molecular weight excluding hydrogens is 356 g/mol. The molecule has 1 saturated carbocycles. The molecule has 0 radical (unpaired) electrons. The number of methoxy groups -OCH3 is 1. The SMILES string of the molecule is COCCc1cn2c(nc1=O)OC(COc1ccc(C3CCCCC3)cc1)C2. The van der Waals surface area contributed by atoms with Gasteiger partial charge in [0, 0.05) is 25.3 Å². The molecule has 4 rings (SSSR count). The molecule has 1 fully saturated rings. The highest BCUT2D eigenvalue weighted by Gasteiger charge is 2.25. The first-order chi connectivity index (χ1) is 13.7. The molecule has 0 amide bonds. The largest absolute Gasteiger partial charge is 0.490 e. The van der Waals surface area contributed by atoms with Crippen molar-refractivity contribution in [3.05, 3.63) is 51.9 Å². The first-order valence-electron chi connectivity index (χ1n) is 10.2. The Balaban J connectivity index is 1.32. The van der Waals surface area contributed by atoms with E-state index in [-0.39, 0.29) is 11.7 Å². The van der Waals surface area contributed by atoms with Gasteiger partial charge in [-0.2, -0.15) is 4.98 Å². The summed E-state index contributed by atoms with van der Waals surface area (Å²) >= 11 is 0. The number of aromatic nitrogens is 2. The molecule has 2 aromatic rings. The lowest BCUT2D eigenvalue weighted by Gasteiger charge is -2.22. The maximum Gasteiger partial charge on any atom is 0.300 e. The predicted molar refractivity (Wildman–Crippen MR) is 106 cm³/mol. The molecule has 1 atom stereocenters. The Hall–Kier alpha value is -2.34. The average molecular weight is 384 g/mol. The number of nitrogens with zero attached hydrogens (tertiary/aromatic N) is 2. The second-order valence-electron chi connectivity index (χ2n) is 7.70. The van der Waals surface area contributed by atoms with Gasteiger partial charge in [0.1, 0.15) is 12.4 Å². The van der Waals surface area contributed by atoms with E-state index >= 15 is 0 Å². The van der Waals surface area contributed by atoms with Crippen molar-refractivity contribution in [3.63, 3.8) is 0 Å². The molecule has 0 bridgehead atoms. The summed E-state index contributed by atoms with van der Waals surface area (Å²) in [5, 5.41) is 0. The topological polar surface area (TPSA) is 62.6 Å². The van der Waals surface area contributed by atoms with Gasteiger partial charge in [0.15, 0.2) is 6.10 Å². The van der Waals surface area contributed by atoms with Gasteiger partial charge in [-0.25, -0.2) is 0 Å². The lowest BCUT2D eigenvalue weighted by atomic mass is 9.84. The van der Waals surface area contributed by atoms with Crippen LogP contribution in [0.25, 0.3) is 0 Å². The molecule has 0 spiro atoms. The van der Waals surface area contributed by atoms with Gasteiger partial charge in [0.05, 0.1) is 13.2 Å². The molecule has 150 valence electrons. The Morgan fingerprint density at radius 3 is 2.71 bits per heavy atom. The highest BCUT2D eigenvalue weighted by molar-refractivity contribution is 5.29. The van der Waals surface area contributed by atoms with E-state index in [1.807, 2.05) is 10.8 Å². The fraction of sp³-hybridized carbons (Fsp3) is 0.545. The molecule has 2 heterocycles. The Kier molecular flexibility index (Phi) is 5.95. The van der Waals surface area contributed by atoms with Gasteiger partial charge in [-0.15, -0.1) is 0 Å². The number of fused-ring (bicyclic) bond motifs is 1. The van der Waals surface area contributed by atoms with E-state index < -0.39 is 0 Å². The lowest BCUT2D eigenvalue weighted by molar-refractivity contribution is 0.143. The van der Waals surface area contributed by atoms with E-state index in [0.29, 0.717) is 43.7 Å². The van der Waals surface area contributed by atoms with Crippen LogP contribution in [0.4, 0.5) is 0 Å². The Labute approximate surface area is 165 Å². The van der Waals surface area contributed by atoms with Crippen molar-refractivity contribution >= 4 is 0 Å². The van der Waals surface area contributed by atoms with Crippen molar-refractivity contribution in [3.8, 4) is 11.8 Å². The van der Waals surface area contributed by atoms with Crippen LogP contribution in [-0.4, -0.2) is 36.0 Å². The smallest absolute Gasteiger partial charge is 0.300 e. The molecule has 1 aliphatic carbocycles. The Morgan fingerprint density at radius 1 is 1.18 bits per heavy atom. The third kappa shape index (κ3) is 4.38. The zero-order valence-corrected chi connectivity index (χ0v) is 16.4. The van der Waals surface area contributed by atoms with Crippen LogP contribution in [0.15, 0.2) is 35.3 Å². The molecule has 28 heavy (non-hydrogen) atoms. The number of rotatable bonds is 7. The van der Waals surface area contributed by atoms with Crippen LogP contribution in [0.1, 0.15) is 49.1 Å². The first kappa shape index (κ1) is 19.0. The van der Waals surface area contributed by atoms with Gasteiger partial charge in [0.25, 0.3) is 11.6 Å². The molecular formula is C22H28N2O4. The fourth-order valence-corrected chi connectivity index (χ4v) is 4.08. The van der Waals surface area contributed by atoms with Crippen molar-refractivity contribution in [1.82, 2.24) is 9.55 Å². The Morgan fingerprint density at radius 2 is 1.96 bits per heavy atom. The van der Waals surface area contributed by atoms with Gasteiger partial charge in [0.2, 0.25) is 0 Å². The molecule has 1 aromatic carbocycles. The zero-order valence-electron chi connectivity index (χ0n) is 16.4. The maximum absolute atomic E-state index is 12.0.